The number of aromatic hydroxyl groups is 1. The van der Waals surface area contributed by atoms with Gasteiger partial charge in [-0.15, -0.1) is 0 Å². The smallest absolute Gasteiger partial charge is 0.125 e. The van der Waals surface area contributed by atoms with Crippen LogP contribution in [0.3, 0.4) is 0 Å². The van der Waals surface area contributed by atoms with Crippen molar-refractivity contribution in [3.8, 4) is 5.75 Å². The van der Waals surface area contributed by atoms with Crippen molar-refractivity contribution < 1.29 is 5.11 Å². The first kappa shape index (κ1) is 15.0. The Morgan fingerprint density at radius 1 is 0.913 bits per heavy atom. The second-order valence-corrected chi connectivity index (χ2v) is 5.30. The number of hydrogen-bond donors (Lipinski definition) is 1. The molecular weight excluding hydrogens is 284 g/mol. The van der Waals surface area contributed by atoms with Gasteiger partial charge in [-0.1, -0.05) is 48.5 Å². The second kappa shape index (κ2) is 6.88. The lowest BCUT2D eigenvalue weighted by molar-refractivity contribution is 0.474. The molecule has 1 aromatic heterocycles. The summed E-state index contributed by atoms with van der Waals surface area (Å²) >= 11 is 0. The van der Waals surface area contributed by atoms with Crippen LogP contribution < -0.4 is 0 Å². The number of rotatable bonds is 4. The summed E-state index contributed by atoms with van der Waals surface area (Å²) in [5.74, 6) is 0.206. The zero-order chi connectivity index (χ0) is 16.1. The maximum absolute atomic E-state index is 10.2. The first-order chi connectivity index (χ1) is 11.3. The molecule has 0 saturated heterocycles. The molecule has 1 N–H and O–H groups in total. The number of nitrogens with zero attached hydrogens (tertiary/aromatic N) is 2. The van der Waals surface area contributed by atoms with Crippen LogP contribution in [0.15, 0.2) is 84.0 Å². The van der Waals surface area contributed by atoms with Gasteiger partial charge in [-0.25, -0.2) is 0 Å². The fourth-order valence-corrected chi connectivity index (χ4v) is 2.45. The number of hydrogen-bond acceptors (Lipinski definition) is 3. The molecule has 3 aromatic rings. The maximum Gasteiger partial charge on any atom is 0.125 e. The molecule has 0 bridgehead atoms. The molecular formula is C20H18N2O. The summed E-state index contributed by atoms with van der Waals surface area (Å²) < 4.78 is 0. The quantitative estimate of drug-likeness (QED) is 0.727. The van der Waals surface area contributed by atoms with Gasteiger partial charge in [-0.3, -0.25) is 9.98 Å². The highest BCUT2D eigenvalue weighted by Gasteiger charge is 2.14. The number of phenolic OH excluding ortho intramolecular Hbond substituents is 1. The Kier molecular flexibility index (Phi) is 4.48. The highest BCUT2D eigenvalue weighted by molar-refractivity contribution is 6.13. The Labute approximate surface area is 136 Å². The minimum atomic E-state index is -0.0344. The van der Waals surface area contributed by atoms with E-state index in [0.29, 0.717) is 11.3 Å². The summed E-state index contributed by atoms with van der Waals surface area (Å²) in [6.45, 7) is 2.04. The van der Waals surface area contributed by atoms with E-state index in [1.807, 2.05) is 55.5 Å². The van der Waals surface area contributed by atoms with Crippen molar-refractivity contribution in [1.82, 2.24) is 4.98 Å². The topological polar surface area (TPSA) is 45.5 Å². The zero-order valence-electron chi connectivity index (χ0n) is 12.9. The molecule has 2 aromatic carbocycles. The molecule has 0 aliphatic heterocycles. The fourth-order valence-electron chi connectivity index (χ4n) is 2.45. The van der Waals surface area contributed by atoms with Crippen LogP contribution in [-0.4, -0.2) is 15.8 Å². The number of pyridine rings is 1. The molecule has 0 radical (unpaired) electrons. The van der Waals surface area contributed by atoms with E-state index in [1.54, 1.807) is 18.3 Å². The average Bonchev–Trinajstić information content (AvgIpc) is 2.62. The van der Waals surface area contributed by atoms with Gasteiger partial charge >= 0.3 is 0 Å². The van der Waals surface area contributed by atoms with Gasteiger partial charge in [0.15, 0.2) is 0 Å². The van der Waals surface area contributed by atoms with Crippen molar-refractivity contribution in [2.24, 2.45) is 4.99 Å². The molecule has 0 aliphatic carbocycles. The molecule has 23 heavy (non-hydrogen) atoms. The Balaban J connectivity index is 2.09. The maximum atomic E-state index is 10.2. The van der Waals surface area contributed by atoms with Crippen LogP contribution in [0.1, 0.15) is 29.8 Å². The third-order valence-corrected chi connectivity index (χ3v) is 3.67. The lowest BCUT2D eigenvalue weighted by Gasteiger charge is -2.13. The molecule has 3 heteroatoms. The molecule has 3 rings (SSSR count). The van der Waals surface area contributed by atoms with E-state index in [1.165, 1.54) is 0 Å². The van der Waals surface area contributed by atoms with Crippen molar-refractivity contribution in [1.29, 1.82) is 0 Å². The number of phenols is 1. The van der Waals surface area contributed by atoms with Crippen molar-refractivity contribution in [2.75, 3.05) is 0 Å². The van der Waals surface area contributed by atoms with E-state index in [-0.39, 0.29) is 11.8 Å². The van der Waals surface area contributed by atoms with E-state index in [0.717, 1.165) is 11.3 Å². The first-order valence-corrected chi connectivity index (χ1v) is 7.58. The van der Waals surface area contributed by atoms with Crippen LogP contribution in [0.2, 0.25) is 0 Å². The second-order valence-electron chi connectivity index (χ2n) is 5.30. The van der Waals surface area contributed by atoms with Crippen molar-refractivity contribution in [2.45, 2.75) is 13.0 Å². The van der Waals surface area contributed by atoms with E-state index >= 15 is 0 Å². The Morgan fingerprint density at radius 3 is 2.30 bits per heavy atom. The van der Waals surface area contributed by atoms with E-state index < -0.39 is 0 Å². The van der Waals surface area contributed by atoms with Crippen LogP contribution in [0.4, 0.5) is 0 Å². The summed E-state index contributed by atoms with van der Waals surface area (Å²) in [7, 11) is 0. The number of aliphatic imine (C=N–C) groups is 1. The average molecular weight is 302 g/mol. The van der Waals surface area contributed by atoms with Gasteiger partial charge in [0.05, 0.1) is 17.4 Å². The fraction of sp³-hybridized carbons (Fsp3) is 0.100. The van der Waals surface area contributed by atoms with Gasteiger partial charge in [0, 0.05) is 11.8 Å². The van der Waals surface area contributed by atoms with Gasteiger partial charge in [0.1, 0.15) is 5.75 Å². The lowest BCUT2D eigenvalue weighted by Crippen LogP contribution is -2.08. The molecule has 114 valence electrons. The molecule has 0 aliphatic rings. The number of aromatic nitrogens is 1. The Bertz CT molecular complexity index is 798. The van der Waals surface area contributed by atoms with Crippen molar-refractivity contribution in [3.05, 3.63) is 95.8 Å². The summed E-state index contributed by atoms with van der Waals surface area (Å²) in [4.78, 5) is 9.24. The highest BCUT2D eigenvalue weighted by Crippen LogP contribution is 2.24. The number of para-hydroxylation sites is 1. The molecule has 3 nitrogen and oxygen atoms in total. The van der Waals surface area contributed by atoms with Gasteiger partial charge < -0.3 is 5.11 Å². The van der Waals surface area contributed by atoms with E-state index in [9.17, 15) is 5.11 Å². The molecule has 0 amide bonds. The number of benzene rings is 2. The summed E-state index contributed by atoms with van der Waals surface area (Å²) in [6.07, 6.45) is 1.73. The minimum absolute atomic E-state index is 0.0344. The van der Waals surface area contributed by atoms with Crippen LogP contribution in [0.25, 0.3) is 0 Å². The summed E-state index contributed by atoms with van der Waals surface area (Å²) in [5, 5.41) is 10.2. The van der Waals surface area contributed by atoms with E-state index in [4.69, 9.17) is 4.99 Å². The van der Waals surface area contributed by atoms with Gasteiger partial charge in [-0.05, 0) is 36.8 Å². The van der Waals surface area contributed by atoms with Crippen LogP contribution in [0, 0.1) is 0 Å². The van der Waals surface area contributed by atoms with Crippen LogP contribution >= 0.6 is 0 Å². The standard InChI is InChI=1S/C20H18N2O/c1-15(16-9-3-2-4-10-16)22-20(18-12-7-8-14-21-18)17-11-5-6-13-19(17)23/h2-15,23H,1H3/t15-/m1/s1. The van der Waals surface area contributed by atoms with Crippen molar-refractivity contribution >= 4 is 5.71 Å². The minimum Gasteiger partial charge on any atom is -0.507 e. The lowest BCUT2D eigenvalue weighted by atomic mass is 10.0. The molecule has 1 atom stereocenters. The molecule has 0 unspecified atom stereocenters. The van der Waals surface area contributed by atoms with Gasteiger partial charge in [-0.2, -0.15) is 0 Å². The molecule has 0 saturated carbocycles. The van der Waals surface area contributed by atoms with E-state index in [2.05, 4.69) is 17.1 Å². The molecule has 0 fully saturated rings. The first-order valence-electron chi connectivity index (χ1n) is 7.58. The zero-order valence-corrected chi connectivity index (χ0v) is 12.9. The third kappa shape index (κ3) is 3.46. The van der Waals surface area contributed by atoms with Crippen LogP contribution in [0.5, 0.6) is 5.75 Å². The summed E-state index contributed by atoms with van der Waals surface area (Å²) in [5.41, 5.74) is 3.25. The predicted octanol–water partition coefficient (Wildman–Crippen LogP) is 4.39. The largest absolute Gasteiger partial charge is 0.507 e. The third-order valence-electron chi connectivity index (χ3n) is 3.67. The predicted molar refractivity (Wildman–Crippen MR) is 92.8 cm³/mol. The highest BCUT2D eigenvalue weighted by atomic mass is 16.3. The van der Waals surface area contributed by atoms with Crippen LogP contribution in [-0.2, 0) is 0 Å². The SMILES string of the molecule is C[C@@H](N=C(c1ccccn1)c1ccccc1O)c1ccccc1. The molecule has 0 spiro atoms. The summed E-state index contributed by atoms with van der Waals surface area (Å²) in [6, 6.07) is 23.0. The van der Waals surface area contributed by atoms with Crippen molar-refractivity contribution in [3.63, 3.8) is 0 Å². The normalized spacial score (nSPS) is 12.8. The Morgan fingerprint density at radius 2 is 1.61 bits per heavy atom. The Hall–Kier alpha value is -2.94. The van der Waals surface area contributed by atoms with Gasteiger partial charge in [0.2, 0.25) is 0 Å². The van der Waals surface area contributed by atoms with Gasteiger partial charge in [0.25, 0.3) is 0 Å². The monoisotopic (exact) mass is 302 g/mol. The molecule has 1 heterocycles.